The van der Waals surface area contributed by atoms with E-state index >= 15 is 0 Å². The third-order valence-electron chi connectivity index (χ3n) is 5.75. The highest BCUT2D eigenvalue weighted by atomic mass is 16.5. The lowest BCUT2D eigenvalue weighted by atomic mass is 10.0. The van der Waals surface area contributed by atoms with Gasteiger partial charge in [-0.05, 0) is 62.6 Å². The summed E-state index contributed by atoms with van der Waals surface area (Å²) >= 11 is 0. The first-order chi connectivity index (χ1) is 15.0. The van der Waals surface area contributed by atoms with E-state index in [1.807, 2.05) is 50.2 Å². The van der Waals surface area contributed by atoms with Crippen molar-refractivity contribution in [2.75, 3.05) is 31.6 Å². The average molecular weight is 424 g/mol. The van der Waals surface area contributed by atoms with Gasteiger partial charge in [0.1, 0.15) is 0 Å². The minimum atomic E-state index is -0.511. The fraction of sp³-hybridized carbons (Fsp3) is 0.417. The van der Waals surface area contributed by atoms with Crippen LogP contribution in [0.1, 0.15) is 42.0 Å². The molecule has 2 aromatic rings. The summed E-state index contributed by atoms with van der Waals surface area (Å²) in [6, 6.07) is 11.4. The van der Waals surface area contributed by atoms with Crippen LogP contribution < -0.4 is 20.1 Å². The highest BCUT2D eigenvalue weighted by molar-refractivity contribution is 6.02. The molecule has 1 fully saturated rings. The van der Waals surface area contributed by atoms with Crippen LogP contribution in [-0.4, -0.2) is 43.1 Å². The fourth-order valence-electron chi connectivity index (χ4n) is 4.24. The molecule has 2 aliphatic heterocycles. The van der Waals surface area contributed by atoms with Crippen molar-refractivity contribution in [2.45, 2.75) is 39.2 Å². The van der Waals surface area contributed by atoms with E-state index in [-0.39, 0.29) is 18.5 Å². The summed E-state index contributed by atoms with van der Waals surface area (Å²) in [6.45, 7) is 6.20. The number of nitrogens with one attached hydrogen (secondary N) is 2. The second kappa shape index (κ2) is 9.39. The molecule has 0 aromatic heterocycles. The quantitative estimate of drug-likeness (QED) is 0.778. The number of anilines is 1. The molecule has 3 amide bonds. The molecule has 0 aliphatic carbocycles. The van der Waals surface area contributed by atoms with Crippen LogP contribution in [0.25, 0.3) is 0 Å². The van der Waals surface area contributed by atoms with Crippen LogP contribution in [0.3, 0.4) is 0 Å². The monoisotopic (exact) mass is 423 g/mol. The molecule has 2 heterocycles. The zero-order valence-electron chi connectivity index (χ0n) is 18.1. The number of hydrogen-bond donors (Lipinski definition) is 2. The Bertz CT molecular complexity index is 975. The number of carbonyl (C=O) groups excluding carboxylic acids is 2. The number of nitrogens with zero attached hydrogens (tertiary/aromatic N) is 1. The van der Waals surface area contributed by atoms with Crippen molar-refractivity contribution in [1.29, 1.82) is 0 Å². The van der Waals surface area contributed by atoms with Gasteiger partial charge in [0.2, 0.25) is 5.91 Å². The highest BCUT2D eigenvalue weighted by Gasteiger charge is 2.29. The Hall–Kier alpha value is -3.06. The lowest BCUT2D eigenvalue weighted by Crippen LogP contribution is -2.41. The van der Waals surface area contributed by atoms with E-state index < -0.39 is 6.03 Å². The Morgan fingerprint density at radius 1 is 1.03 bits per heavy atom. The van der Waals surface area contributed by atoms with Gasteiger partial charge in [0.05, 0.1) is 19.8 Å². The molecule has 7 heteroatoms. The van der Waals surface area contributed by atoms with Gasteiger partial charge in [-0.25, -0.2) is 4.79 Å². The fourth-order valence-corrected chi connectivity index (χ4v) is 4.24. The summed E-state index contributed by atoms with van der Waals surface area (Å²) in [6.07, 6.45) is 2.83. The molecule has 7 nitrogen and oxygen atoms in total. The van der Waals surface area contributed by atoms with E-state index in [0.29, 0.717) is 18.9 Å². The molecule has 2 aliphatic rings. The van der Waals surface area contributed by atoms with Crippen LogP contribution in [0.15, 0.2) is 36.4 Å². The minimum absolute atomic E-state index is 0.116. The molecular formula is C24H29N3O4. The predicted molar refractivity (Wildman–Crippen MR) is 119 cm³/mol. The Kier molecular flexibility index (Phi) is 6.42. The third-order valence-corrected chi connectivity index (χ3v) is 5.75. The summed E-state index contributed by atoms with van der Waals surface area (Å²) in [4.78, 5) is 26.9. The van der Waals surface area contributed by atoms with Crippen LogP contribution >= 0.6 is 0 Å². The number of fused-ring (bicyclic) bond motifs is 1. The SMILES string of the molecule is Cc1ccc(NC(=O)NC(=O)CN2CCCC2c2ccc3c(c2)OCCCO3)c(C)c1. The predicted octanol–water partition coefficient (Wildman–Crippen LogP) is 3.95. The molecule has 164 valence electrons. The Labute approximate surface area is 182 Å². The van der Waals surface area contributed by atoms with Crippen LogP contribution in [0.4, 0.5) is 10.5 Å². The number of likely N-dealkylation sites (tertiary alicyclic amines) is 1. The lowest BCUT2D eigenvalue weighted by Gasteiger charge is -2.24. The second-order valence-corrected chi connectivity index (χ2v) is 8.21. The molecule has 4 rings (SSSR count). The number of urea groups is 1. The zero-order valence-corrected chi connectivity index (χ0v) is 18.1. The maximum absolute atomic E-state index is 12.5. The van der Waals surface area contributed by atoms with Gasteiger partial charge >= 0.3 is 6.03 Å². The maximum atomic E-state index is 12.5. The Balaban J connectivity index is 1.36. The van der Waals surface area contributed by atoms with E-state index in [1.54, 1.807) is 0 Å². The Morgan fingerprint density at radius 2 is 1.84 bits per heavy atom. The standard InChI is InChI=1S/C24H29N3O4/c1-16-6-8-19(17(2)13-16)25-24(29)26-23(28)15-27-10-3-5-20(27)18-7-9-21-22(14-18)31-12-4-11-30-21/h6-9,13-14,20H,3-5,10-12,15H2,1-2H3,(H2,25,26,28,29). The number of aryl methyl sites for hydroxylation is 2. The molecule has 1 unspecified atom stereocenters. The van der Waals surface area contributed by atoms with Crippen molar-refractivity contribution in [3.8, 4) is 11.5 Å². The van der Waals surface area contributed by atoms with E-state index in [9.17, 15) is 9.59 Å². The number of rotatable bonds is 4. The van der Waals surface area contributed by atoms with Crippen molar-refractivity contribution in [3.63, 3.8) is 0 Å². The smallest absolute Gasteiger partial charge is 0.325 e. The summed E-state index contributed by atoms with van der Waals surface area (Å²) < 4.78 is 11.5. The van der Waals surface area contributed by atoms with Crippen LogP contribution in [-0.2, 0) is 4.79 Å². The minimum Gasteiger partial charge on any atom is -0.490 e. The van der Waals surface area contributed by atoms with Gasteiger partial charge < -0.3 is 14.8 Å². The molecule has 31 heavy (non-hydrogen) atoms. The first-order valence-corrected chi connectivity index (χ1v) is 10.8. The number of imide groups is 1. The number of carbonyl (C=O) groups is 2. The van der Waals surface area contributed by atoms with Crippen LogP contribution in [0.2, 0.25) is 0 Å². The van der Waals surface area contributed by atoms with Gasteiger partial charge in [0.25, 0.3) is 0 Å². The number of amides is 3. The number of hydrogen-bond acceptors (Lipinski definition) is 5. The van der Waals surface area contributed by atoms with E-state index in [4.69, 9.17) is 9.47 Å². The molecule has 1 atom stereocenters. The van der Waals surface area contributed by atoms with Crippen molar-refractivity contribution in [2.24, 2.45) is 0 Å². The van der Waals surface area contributed by atoms with Crippen molar-refractivity contribution in [3.05, 3.63) is 53.1 Å². The molecule has 1 saturated heterocycles. The molecular weight excluding hydrogens is 394 g/mol. The zero-order chi connectivity index (χ0) is 21.8. The van der Waals surface area contributed by atoms with Gasteiger partial charge in [-0.3, -0.25) is 15.0 Å². The van der Waals surface area contributed by atoms with Crippen molar-refractivity contribution in [1.82, 2.24) is 10.2 Å². The first kappa shape index (κ1) is 21.2. The van der Waals surface area contributed by atoms with Crippen LogP contribution in [0.5, 0.6) is 11.5 Å². The lowest BCUT2D eigenvalue weighted by molar-refractivity contribution is -0.121. The number of ether oxygens (including phenoxy) is 2. The van der Waals surface area contributed by atoms with Gasteiger partial charge in [-0.2, -0.15) is 0 Å². The van der Waals surface area contributed by atoms with Gasteiger partial charge in [0.15, 0.2) is 11.5 Å². The summed E-state index contributed by atoms with van der Waals surface area (Å²) in [5.41, 5.74) is 3.88. The topological polar surface area (TPSA) is 79.9 Å². The molecule has 0 spiro atoms. The molecule has 0 saturated carbocycles. The van der Waals surface area contributed by atoms with Crippen molar-refractivity contribution >= 4 is 17.6 Å². The number of benzene rings is 2. The first-order valence-electron chi connectivity index (χ1n) is 10.8. The van der Waals surface area contributed by atoms with Gasteiger partial charge in [-0.15, -0.1) is 0 Å². The molecule has 0 bridgehead atoms. The third kappa shape index (κ3) is 5.17. The summed E-state index contributed by atoms with van der Waals surface area (Å²) in [7, 11) is 0. The molecule has 0 radical (unpaired) electrons. The van der Waals surface area contributed by atoms with Crippen LogP contribution in [0, 0.1) is 13.8 Å². The summed E-state index contributed by atoms with van der Waals surface area (Å²) in [5.74, 6) is 1.22. The summed E-state index contributed by atoms with van der Waals surface area (Å²) in [5, 5.41) is 5.21. The Morgan fingerprint density at radius 3 is 2.65 bits per heavy atom. The normalized spacial score (nSPS) is 18.3. The maximum Gasteiger partial charge on any atom is 0.325 e. The second-order valence-electron chi connectivity index (χ2n) is 8.21. The van der Waals surface area contributed by atoms with E-state index in [0.717, 1.165) is 54.0 Å². The van der Waals surface area contributed by atoms with Gasteiger partial charge in [0, 0.05) is 18.2 Å². The van der Waals surface area contributed by atoms with E-state index in [1.165, 1.54) is 0 Å². The molecule has 2 aromatic carbocycles. The highest BCUT2D eigenvalue weighted by Crippen LogP contribution is 2.37. The van der Waals surface area contributed by atoms with Gasteiger partial charge in [-0.1, -0.05) is 23.8 Å². The van der Waals surface area contributed by atoms with Crippen molar-refractivity contribution < 1.29 is 19.1 Å². The van der Waals surface area contributed by atoms with E-state index in [2.05, 4.69) is 15.5 Å². The largest absolute Gasteiger partial charge is 0.490 e. The average Bonchev–Trinajstić information content (AvgIpc) is 3.05. The molecule has 2 N–H and O–H groups in total.